The van der Waals surface area contributed by atoms with Gasteiger partial charge in [-0.2, -0.15) is 0 Å². The third-order valence-electron chi connectivity index (χ3n) is 3.25. The van der Waals surface area contributed by atoms with E-state index in [0.29, 0.717) is 6.04 Å². The monoisotopic (exact) mass is 278 g/mol. The van der Waals surface area contributed by atoms with E-state index in [1.807, 2.05) is 19.1 Å². The molecule has 0 fully saturated rings. The quantitative estimate of drug-likeness (QED) is 0.650. The highest BCUT2D eigenvalue weighted by atomic mass is 16.5. The maximum atomic E-state index is 5.90. The average Bonchev–Trinajstić information content (AvgIpc) is 2.42. The Morgan fingerprint density at radius 2 is 1.90 bits per heavy atom. The third kappa shape index (κ3) is 6.90. The smallest absolute Gasteiger partial charge is 0.142 e. The number of aryl methyl sites for hydroxylation is 1. The highest BCUT2D eigenvalue weighted by Gasteiger charge is 2.06. The first kappa shape index (κ1) is 17.0. The van der Waals surface area contributed by atoms with Crippen LogP contribution < -0.4 is 10.1 Å². The zero-order chi connectivity index (χ0) is 14.8. The number of ether oxygens (including phenoxy) is 1. The van der Waals surface area contributed by atoms with Crippen molar-refractivity contribution >= 4 is 0 Å². The van der Waals surface area contributed by atoms with Gasteiger partial charge in [-0.05, 0) is 25.5 Å². The van der Waals surface area contributed by atoms with Gasteiger partial charge < -0.3 is 10.1 Å². The molecule has 0 atom stereocenters. The molecule has 0 amide bonds. The molecule has 1 aromatic rings. The number of hydrogen-bond donors (Lipinski definition) is 1. The molecule has 0 spiro atoms. The maximum absolute atomic E-state index is 5.90. The minimum absolute atomic E-state index is 0.458. The number of pyridine rings is 1. The van der Waals surface area contributed by atoms with Crippen molar-refractivity contribution in [2.24, 2.45) is 0 Å². The van der Waals surface area contributed by atoms with Gasteiger partial charge in [-0.25, -0.2) is 0 Å². The Hall–Kier alpha value is -1.09. The van der Waals surface area contributed by atoms with Crippen molar-refractivity contribution in [2.45, 2.75) is 72.4 Å². The second kappa shape index (κ2) is 9.76. The Balaban J connectivity index is 2.43. The van der Waals surface area contributed by atoms with Crippen molar-refractivity contribution in [3.63, 3.8) is 0 Å². The molecule has 1 heterocycles. The summed E-state index contributed by atoms with van der Waals surface area (Å²) in [5.41, 5.74) is 2.06. The van der Waals surface area contributed by atoms with Gasteiger partial charge in [-0.3, -0.25) is 4.98 Å². The van der Waals surface area contributed by atoms with E-state index in [1.54, 1.807) is 0 Å². The molecule has 1 N–H and O–H groups in total. The summed E-state index contributed by atoms with van der Waals surface area (Å²) in [6, 6.07) is 4.52. The van der Waals surface area contributed by atoms with Crippen LogP contribution in [-0.2, 0) is 6.54 Å². The Kier molecular flexibility index (Phi) is 8.28. The molecule has 1 rings (SSSR count). The van der Waals surface area contributed by atoms with Crippen molar-refractivity contribution in [3.05, 3.63) is 23.5 Å². The van der Waals surface area contributed by atoms with E-state index in [2.05, 4.69) is 31.1 Å². The van der Waals surface area contributed by atoms with Crippen LogP contribution in [0.4, 0.5) is 0 Å². The molecule has 0 aliphatic carbocycles. The number of aromatic nitrogens is 1. The van der Waals surface area contributed by atoms with E-state index in [4.69, 9.17) is 4.74 Å². The lowest BCUT2D eigenvalue weighted by Crippen LogP contribution is -2.23. The van der Waals surface area contributed by atoms with E-state index in [9.17, 15) is 0 Å². The van der Waals surface area contributed by atoms with E-state index in [0.717, 1.165) is 36.7 Å². The lowest BCUT2D eigenvalue weighted by molar-refractivity contribution is 0.298. The Morgan fingerprint density at radius 3 is 2.60 bits per heavy atom. The summed E-state index contributed by atoms with van der Waals surface area (Å²) in [7, 11) is 0. The second-order valence-electron chi connectivity index (χ2n) is 5.70. The fraction of sp³-hybridized carbons (Fsp3) is 0.706. The third-order valence-corrected chi connectivity index (χ3v) is 3.25. The van der Waals surface area contributed by atoms with Crippen LogP contribution in [0.25, 0.3) is 0 Å². The highest BCUT2D eigenvalue weighted by Crippen LogP contribution is 2.17. The molecule has 0 saturated carbocycles. The summed E-state index contributed by atoms with van der Waals surface area (Å²) in [4.78, 5) is 4.59. The van der Waals surface area contributed by atoms with Gasteiger partial charge in [0.25, 0.3) is 0 Å². The van der Waals surface area contributed by atoms with Gasteiger partial charge in [0.2, 0.25) is 0 Å². The van der Waals surface area contributed by atoms with Gasteiger partial charge in [0.05, 0.1) is 12.3 Å². The topological polar surface area (TPSA) is 34.1 Å². The summed E-state index contributed by atoms with van der Waals surface area (Å²) >= 11 is 0. The first-order chi connectivity index (χ1) is 9.63. The fourth-order valence-corrected chi connectivity index (χ4v) is 2.04. The first-order valence-electron chi connectivity index (χ1n) is 7.96. The zero-order valence-electron chi connectivity index (χ0n) is 13.5. The standard InChI is InChI=1S/C17H30N2O/c1-5-6-7-8-9-12-20-17-11-10-15(4)19-16(17)13-18-14(2)3/h10-11,14,18H,5-9,12-13H2,1-4H3. The summed E-state index contributed by atoms with van der Waals surface area (Å²) in [5.74, 6) is 0.930. The van der Waals surface area contributed by atoms with Crippen molar-refractivity contribution in [1.82, 2.24) is 10.3 Å². The molecule has 0 bridgehead atoms. The van der Waals surface area contributed by atoms with Crippen LogP contribution in [0.5, 0.6) is 5.75 Å². The van der Waals surface area contributed by atoms with Crippen molar-refractivity contribution in [3.8, 4) is 5.75 Å². The van der Waals surface area contributed by atoms with Gasteiger partial charge >= 0.3 is 0 Å². The van der Waals surface area contributed by atoms with E-state index in [1.165, 1.54) is 25.7 Å². The minimum atomic E-state index is 0.458. The van der Waals surface area contributed by atoms with Gasteiger partial charge in [0.15, 0.2) is 0 Å². The molecule has 0 unspecified atom stereocenters. The molecule has 0 aliphatic heterocycles. The number of nitrogens with one attached hydrogen (secondary N) is 1. The Bertz CT molecular complexity index is 377. The predicted octanol–water partition coefficient (Wildman–Crippen LogP) is 4.24. The minimum Gasteiger partial charge on any atom is -0.492 e. The number of hydrogen-bond acceptors (Lipinski definition) is 3. The molecule has 3 heteroatoms. The molecule has 20 heavy (non-hydrogen) atoms. The van der Waals surface area contributed by atoms with Crippen LogP contribution in [-0.4, -0.2) is 17.6 Å². The maximum Gasteiger partial charge on any atom is 0.142 e. The Morgan fingerprint density at radius 1 is 1.15 bits per heavy atom. The Labute approximate surface area is 124 Å². The van der Waals surface area contributed by atoms with Crippen LogP contribution in [0, 0.1) is 6.92 Å². The number of nitrogens with zero attached hydrogens (tertiary/aromatic N) is 1. The molecule has 3 nitrogen and oxygen atoms in total. The summed E-state index contributed by atoms with van der Waals surface area (Å²) < 4.78 is 5.90. The van der Waals surface area contributed by atoms with Crippen LogP contribution in [0.1, 0.15) is 64.3 Å². The molecule has 0 aliphatic rings. The van der Waals surface area contributed by atoms with Gasteiger partial charge in [0.1, 0.15) is 5.75 Å². The van der Waals surface area contributed by atoms with Crippen LogP contribution in [0.15, 0.2) is 12.1 Å². The highest BCUT2D eigenvalue weighted by molar-refractivity contribution is 5.29. The lowest BCUT2D eigenvalue weighted by atomic mass is 10.2. The van der Waals surface area contributed by atoms with Crippen LogP contribution >= 0.6 is 0 Å². The summed E-state index contributed by atoms with van der Waals surface area (Å²) in [6.45, 7) is 10.1. The fourth-order valence-electron chi connectivity index (χ4n) is 2.04. The first-order valence-corrected chi connectivity index (χ1v) is 7.96. The molecule has 0 aromatic carbocycles. The van der Waals surface area contributed by atoms with Gasteiger partial charge in [-0.15, -0.1) is 0 Å². The lowest BCUT2D eigenvalue weighted by Gasteiger charge is -2.13. The molecular formula is C17H30N2O. The van der Waals surface area contributed by atoms with Crippen LogP contribution in [0.3, 0.4) is 0 Å². The van der Waals surface area contributed by atoms with E-state index < -0.39 is 0 Å². The molecule has 0 saturated heterocycles. The normalized spacial score (nSPS) is 11.1. The molecule has 1 aromatic heterocycles. The molecular weight excluding hydrogens is 248 g/mol. The van der Waals surface area contributed by atoms with Crippen molar-refractivity contribution in [2.75, 3.05) is 6.61 Å². The van der Waals surface area contributed by atoms with E-state index in [-0.39, 0.29) is 0 Å². The SMILES string of the molecule is CCCCCCCOc1ccc(C)nc1CNC(C)C. The average molecular weight is 278 g/mol. The number of unbranched alkanes of at least 4 members (excludes halogenated alkanes) is 4. The van der Waals surface area contributed by atoms with Gasteiger partial charge in [0, 0.05) is 18.3 Å². The number of rotatable bonds is 10. The predicted molar refractivity (Wildman–Crippen MR) is 85.2 cm³/mol. The summed E-state index contributed by atoms with van der Waals surface area (Å²) in [6.07, 6.45) is 6.31. The van der Waals surface area contributed by atoms with E-state index >= 15 is 0 Å². The largest absolute Gasteiger partial charge is 0.492 e. The summed E-state index contributed by atoms with van der Waals surface area (Å²) in [5, 5.41) is 3.41. The zero-order valence-corrected chi connectivity index (χ0v) is 13.5. The van der Waals surface area contributed by atoms with Gasteiger partial charge in [-0.1, -0.05) is 46.5 Å². The molecule has 0 radical (unpaired) electrons. The second-order valence-corrected chi connectivity index (χ2v) is 5.70. The molecule has 114 valence electrons. The van der Waals surface area contributed by atoms with Crippen LogP contribution in [0.2, 0.25) is 0 Å². The van der Waals surface area contributed by atoms with Crippen molar-refractivity contribution in [1.29, 1.82) is 0 Å². The van der Waals surface area contributed by atoms with Crippen molar-refractivity contribution < 1.29 is 4.74 Å².